The smallest absolute Gasteiger partial charge is 0.256 e. The highest BCUT2D eigenvalue weighted by atomic mass is 79.9. The van der Waals surface area contributed by atoms with Gasteiger partial charge in [-0.05, 0) is 31.2 Å². The fraction of sp³-hybridized carbons (Fsp3) is 0.231. The topological polar surface area (TPSA) is 38.1 Å². The van der Waals surface area contributed by atoms with Crippen molar-refractivity contribution in [3.05, 3.63) is 46.2 Å². The maximum Gasteiger partial charge on any atom is 0.256 e. The molecule has 0 saturated carbocycles. The van der Waals surface area contributed by atoms with Crippen molar-refractivity contribution in [2.24, 2.45) is 0 Å². The molecule has 1 heterocycles. The van der Waals surface area contributed by atoms with Gasteiger partial charge in [0.1, 0.15) is 0 Å². The van der Waals surface area contributed by atoms with E-state index in [9.17, 15) is 4.79 Å². The van der Waals surface area contributed by atoms with Gasteiger partial charge in [-0.3, -0.25) is 4.79 Å². The van der Waals surface area contributed by atoms with Crippen LogP contribution >= 0.6 is 15.9 Å². The van der Waals surface area contributed by atoms with Crippen molar-refractivity contribution in [2.75, 3.05) is 14.1 Å². The number of amides is 1. The summed E-state index contributed by atoms with van der Waals surface area (Å²) in [6.45, 7) is 1.89. The Balaban J connectivity index is 2.42. The molecule has 1 aromatic carbocycles. The van der Waals surface area contributed by atoms with Gasteiger partial charge in [0.15, 0.2) is 0 Å². The van der Waals surface area contributed by atoms with Crippen molar-refractivity contribution >= 4 is 21.8 Å². The van der Waals surface area contributed by atoms with Gasteiger partial charge in [0.05, 0.1) is 23.1 Å². The molecular formula is C13H14BrN3O. The number of rotatable bonds is 2. The number of halogens is 1. The van der Waals surface area contributed by atoms with Gasteiger partial charge < -0.3 is 4.90 Å². The van der Waals surface area contributed by atoms with Gasteiger partial charge in [-0.1, -0.05) is 15.9 Å². The summed E-state index contributed by atoms with van der Waals surface area (Å²) < 4.78 is 2.78. The van der Waals surface area contributed by atoms with Crippen LogP contribution in [0.1, 0.15) is 16.1 Å². The third kappa shape index (κ3) is 2.31. The van der Waals surface area contributed by atoms with Crippen LogP contribution < -0.4 is 0 Å². The maximum absolute atomic E-state index is 11.9. The molecule has 94 valence electrons. The largest absolute Gasteiger partial charge is 0.345 e. The normalized spacial score (nSPS) is 10.4. The van der Waals surface area contributed by atoms with Crippen molar-refractivity contribution in [3.8, 4) is 5.69 Å². The molecule has 0 atom stereocenters. The summed E-state index contributed by atoms with van der Waals surface area (Å²) in [5, 5.41) is 4.27. The van der Waals surface area contributed by atoms with E-state index in [0.717, 1.165) is 15.9 Å². The van der Waals surface area contributed by atoms with E-state index in [1.807, 2.05) is 31.2 Å². The van der Waals surface area contributed by atoms with Gasteiger partial charge in [-0.2, -0.15) is 5.10 Å². The number of hydrogen-bond acceptors (Lipinski definition) is 2. The third-order valence-corrected chi connectivity index (χ3v) is 3.25. The zero-order valence-electron chi connectivity index (χ0n) is 10.5. The number of carbonyl (C=O) groups excluding carboxylic acids is 1. The zero-order valence-corrected chi connectivity index (χ0v) is 12.1. The first kappa shape index (κ1) is 12.8. The minimum Gasteiger partial charge on any atom is -0.345 e. The molecule has 0 spiro atoms. The highest BCUT2D eigenvalue weighted by molar-refractivity contribution is 9.10. The standard InChI is InChI=1S/C13H14BrN3O/c1-9-12(13(18)16(2)3)8-15-17(9)11-6-4-10(14)5-7-11/h4-8H,1-3H3. The van der Waals surface area contributed by atoms with Crippen LogP contribution in [0.5, 0.6) is 0 Å². The highest BCUT2D eigenvalue weighted by Crippen LogP contribution is 2.17. The van der Waals surface area contributed by atoms with Gasteiger partial charge >= 0.3 is 0 Å². The van der Waals surface area contributed by atoms with Crippen molar-refractivity contribution in [1.29, 1.82) is 0 Å². The fourth-order valence-corrected chi connectivity index (χ4v) is 1.97. The molecule has 5 heteroatoms. The van der Waals surface area contributed by atoms with Crippen LogP contribution in [0.15, 0.2) is 34.9 Å². The average molecular weight is 308 g/mol. The molecule has 0 fully saturated rings. The van der Waals surface area contributed by atoms with Crippen molar-refractivity contribution in [3.63, 3.8) is 0 Å². The van der Waals surface area contributed by atoms with Crippen molar-refractivity contribution in [2.45, 2.75) is 6.92 Å². The molecule has 0 aliphatic heterocycles. The molecule has 0 saturated heterocycles. The summed E-state index contributed by atoms with van der Waals surface area (Å²) in [7, 11) is 3.47. The summed E-state index contributed by atoms with van der Waals surface area (Å²) in [5.41, 5.74) is 2.41. The van der Waals surface area contributed by atoms with Crippen LogP contribution in [0.4, 0.5) is 0 Å². The first-order chi connectivity index (χ1) is 8.50. The second-order valence-electron chi connectivity index (χ2n) is 4.23. The molecule has 0 bridgehead atoms. The van der Waals surface area contributed by atoms with Gasteiger partial charge in [-0.25, -0.2) is 4.68 Å². The van der Waals surface area contributed by atoms with E-state index >= 15 is 0 Å². The molecule has 1 aromatic heterocycles. The van der Waals surface area contributed by atoms with E-state index in [0.29, 0.717) is 5.56 Å². The molecular weight excluding hydrogens is 294 g/mol. The van der Waals surface area contributed by atoms with Crippen molar-refractivity contribution < 1.29 is 4.79 Å². The SMILES string of the molecule is Cc1c(C(=O)N(C)C)cnn1-c1ccc(Br)cc1. The minimum absolute atomic E-state index is 0.0316. The molecule has 0 radical (unpaired) electrons. The summed E-state index contributed by atoms with van der Waals surface area (Å²) in [6, 6.07) is 7.80. The van der Waals surface area contributed by atoms with E-state index in [1.54, 1.807) is 29.9 Å². The number of benzene rings is 1. The van der Waals surface area contributed by atoms with Crippen LogP contribution in [0.3, 0.4) is 0 Å². The average Bonchev–Trinajstić information content (AvgIpc) is 2.71. The zero-order chi connectivity index (χ0) is 13.3. The summed E-state index contributed by atoms with van der Waals surface area (Å²) in [5.74, 6) is -0.0316. The molecule has 4 nitrogen and oxygen atoms in total. The van der Waals surface area contributed by atoms with Gasteiger partial charge in [-0.15, -0.1) is 0 Å². The number of nitrogens with zero attached hydrogens (tertiary/aromatic N) is 3. The second-order valence-corrected chi connectivity index (χ2v) is 5.15. The van der Waals surface area contributed by atoms with Gasteiger partial charge in [0.2, 0.25) is 0 Å². The van der Waals surface area contributed by atoms with Gasteiger partial charge in [0.25, 0.3) is 5.91 Å². The Morgan fingerprint density at radius 2 is 1.89 bits per heavy atom. The van der Waals surface area contributed by atoms with E-state index in [4.69, 9.17) is 0 Å². The third-order valence-electron chi connectivity index (χ3n) is 2.72. The van der Waals surface area contributed by atoms with Crippen LogP contribution in [0, 0.1) is 6.92 Å². The number of hydrogen-bond donors (Lipinski definition) is 0. The molecule has 18 heavy (non-hydrogen) atoms. The fourth-order valence-electron chi connectivity index (χ4n) is 1.70. The first-order valence-electron chi connectivity index (χ1n) is 5.53. The molecule has 2 aromatic rings. The van der Waals surface area contributed by atoms with Crippen LogP contribution in [0.25, 0.3) is 5.69 Å². The quantitative estimate of drug-likeness (QED) is 0.855. The lowest BCUT2D eigenvalue weighted by atomic mass is 10.2. The van der Waals surface area contributed by atoms with Crippen LogP contribution in [-0.4, -0.2) is 34.7 Å². The van der Waals surface area contributed by atoms with E-state index in [1.165, 1.54) is 0 Å². The lowest BCUT2D eigenvalue weighted by Crippen LogP contribution is -2.22. The van der Waals surface area contributed by atoms with Crippen LogP contribution in [0.2, 0.25) is 0 Å². The lowest BCUT2D eigenvalue weighted by Gasteiger charge is -2.10. The van der Waals surface area contributed by atoms with E-state index in [-0.39, 0.29) is 5.91 Å². The molecule has 1 amide bonds. The Bertz CT molecular complexity index is 572. The highest BCUT2D eigenvalue weighted by Gasteiger charge is 2.16. The molecule has 0 N–H and O–H groups in total. The predicted molar refractivity (Wildman–Crippen MR) is 74.0 cm³/mol. The lowest BCUT2D eigenvalue weighted by molar-refractivity contribution is 0.0827. The number of aromatic nitrogens is 2. The molecule has 0 aliphatic carbocycles. The summed E-state index contributed by atoms with van der Waals surface area (Å²) in [4.78, 5) is 13.5. The minimum atomic E-state index is -0.0316. The second kappa shape index (κ2) is 4.94. The van der Waals surface area contributed by atoms with E-state index in [2.05, 4.69) is 21.0 Å². The Hall–Kier alpha value is -1.62. The predicted octanol–water partition coefficient (Wildman–Crippen LogP) is 2.65. The van der Waals surface area contributed by atoms with Gasteiger partial charge in [0, 0.05) is 18.6 Å². The van der Waals surface area contributed by atoms with Crippen molar-refractivity contribution in [1.82, 2.24) is 14.7 Å². The monoisotopic (exact) mass is 307 g/mol. The maximum atomic E-state index is 11.9. The Morgan fingerprint density at radius 1 is 1.28 bits per heavy atom. The summed E-state index contributed by atoms with van der Waals surface area (Å²) in [6.07, 6.45) is 1.61. The Kier molecular flexibility index (Phi) is 3.52. The van der Waals surface area contributed by atoms with Crippen LogP contribution in [-0.2, 0) is 0 Å². The Labute approximate surface area is 114 Å². The Morgan fingerprint density at radius 3 is 2.44 bits per heavy atom. The molecule has 0 unspecified atom stereocenters. The molecule has 2 rings (SSSR count). The first-order valence-corrected chi connectivity index (χ1v) is 6.32. The van der Waals surface area contributed by atoms with E-state index < -0.39 is 0 Å². The summed E-state index contributed by atoms with van der Waals surface area (Å²) >= 11 is 3.39. The molecule has 0 aliphatic rings. The number of carbonyl (C=O) groups is 1.